The standard InChI is InChI=1S/C12H21N3OS/c1-3-16-10-4-6-15(7-5-10)12-14-8-11(17-12)9(2)13/h8-10H,3-7,13H2,1-2H3. The fourth-order valence-electron chi connectivity index (χ4n) is 2.08. The number of aromatic nitrogens is 1. The van der Waals surface area contributed by atoms with Crippen LogP contribution < -0.4 is 10.6 Å². The third kappa shape index (κ3) is 3.18. The van der Waals surface area contributed by atoms with Crippen molar-refractivity contribution in [1.82, 2.24) is 4.98 Å². The highest BCUT2D eigenvalue weighted by Crippen LogP contribution is 2.28. The Hall–Kier alpha value is -0.650. The highest BCUT2D eigenvalue weighted by atomic mass is 32.1. The fraction of sp³-hybridized carbons (Fsp3) is 0.750. The maximum atomic E-state index is 5.85. The van der Waals surface area contributed by atoms with Crippen LogP contribution in [-0.2, 0) is 4.74 Å². The van der Waals surface area contributed by atoms with E-state index in [1.807, 2.05) is 13.1 Å². The number of nitrogens with zero attached hydrogens (tertiary/aromatic N) is 2. The van der Waals surface area contributed by atoms with Crippen LogP contribution in [0.15, 0.2) is 6.20 Å². The summed E-state index contributed by atoms with van der Waals surface area (Å²) in [5.74, 6) is 0. The molecule has 1 atom stereocenters. The lowest BCUT2D eigenvalue weighted by Gasteiger charge is -2.31. The number of ether oxygens (including phenoxy) is 1. The molecule has 1 aromatic heterocycles. The summed E-state index contributed by atoms with van der Waals surface area (Å²) in [5, 5.41) is 1.10. The van der Waals surface area contributed by atoms with Gasteiger partial charge in [0, 0.05) is 36.8 Å². The highest BCUT2D eigenvalue weighted by molar-refractivity contribution is 7.15. The predicted molar refractivity (Wildman–Crippen MR) is 71.6 cm³/mol. The number of anilines is 1. The van der Waals surface area contributed by atoms with Gasteiger partial charge in [-0.25, -0.2) is 4.98 Å². The molecule has 0 aliphatic carbocycles. The third-order valence-electron chi connectivity index (χ3n) is 3.08. The van der Waals surface area contributed by atoms with Gasteiger partial charge in [-0.2, -0.15) is 0 Å². The van der Waals surface area contributed by atoms with Gasteiger partial charge in [-0.15, -0.1) is 11.3 Å². The smallest absolute Gasteiger partial charge is 0.185 e. The average molecular weight is 255 g/mol. The topological polar surface area (TPSA) is 51.4 Å². The zero-order valence-corrected chi connectivity index (χ0v) is 11.4. The van der Waals surface area contributed by atoms with E-state index in [-0.39, 0.29) is 6.04 Å². The number of hydrogen-bond acceptors (Lipinski definition) is 5. The number of rotatable bonds is 4. The summed E-state index contributed by atoms with van der Waals surface area (Å²) >= 11 is 1.71. The molecule has 0 aromatic carbocycles. The van der Waals surface area contributed by atoms with Gasteiger partial charge in [0.15, 0.2) is 5.13 Å². The lowest BCUT2D eigenvalue weighted by atomic mass is 10.1. The minimum atomic E-state index is 0.0854. The molecule has 0 saturated carbocycles. The minimum absolute atomic E-state index is 0.0854. The van der Waals surface area contributed by atoms with E-state index >= 15 is 0 Å². The Kier molecular flexibility index (Phi) is 4.36. The monoisotopic (exact) mass is 255 g/mol. The van der Waals surface area contributed by atoms with E-state index in [2.05, 4.69) is 16.8 Å². The summed E-state index contributed by atoms with van der Waals surface area (Å²) < 4.78 is 5.65. The van der Waals surface area contributed by atoms with E-state index in [4.69, 9.17) is 10.5 Å². The highest BCUT2D eigenvalue weighted by Gasteiger charge is 2.21. The zero-order chi connectivity index (χ0) is 12.3. The molecule has 0 bridgehead atoms. The second-order valence-electron chi connectivity index (χ2n) is 4.48. The fourth-order valence-corrected chi connectivity index (χ4v) is 3.00. The largest absolute Gasteiger partial charge is 0.378 e. The third-order valence-corrected chi connectivity index (χ3v) is 4.33. The Balaban J connectivity index is 1.91. The van der Waals surface area contributed by atoms with Gasteiger partial charge in [0.2, 0.25) is 0 Å². The molecule has 1 unspecified atom stereocenters. The lowest BCUT2D eigenvalue weighted by molar-refractivity contribution is 0.0459. The molecular formula is C12H21N3OS. The molecule has 1 fully saturated rings. The summed E-state index contributed by atoms with van der Waals surface area (Å²) in [6.45, 7) is 6.95. The van der Waals surface area contributed by atoms with Crippen molar-refractivity contribution in [2.24, 2.45) is 5.73 Å². The SMILES string of the molecule is CCOC1CCN(c2ncc(C(C)N)s2)CC1. The first kappa shape index (κ1) is 12.8. The quantitative estimate of drug-likeness (QED) is 0.896. The van der Waals surface area contributed by atoms with Crippen LogP contribution in [0.25, 0.3) is 0 Å². The molecule has 17 heavy (non-hydrogen) atoms. The number of thiazole rings is 1. The molecule has 2 rings (SSSR count). The summed E-state index contributed by atoms with van der Waals surface area (Å²) in [7, 11) is 0. The maximum Gasteiger partial charge on any atom is 0.185 e. The van der Waals surface area contributed by atoms with Crippen molar-refractivity contribution in [2.75, 3.05) is 24.6 Å². The summed E-state index contributed by atoms with van der Waals surface area (Å²) in [5.41, 5.74) is 5.85. The van der Waals surface area contributed by atoms with Crippen molar-refractivity contribution in [1.29, 1.82) is 0 Å². The normalized spacial score (nSPS) is 19.6. The second kappa shape index (κ2) is 5.80. The van der Waals surface area contributed by atoms with Crippen molar-refractivity contribution in [3.05, 3.63) is 11.1 Å². The van der Waals surface area contributed by atoms with Crippen LogP contribution in [0.3, 0.4) is 0 Å². The molecule has 96 valence electrons. The van der Waals surface area contributed by atoms with Crippen LogP contribution in [0.1, 0.15) is 37.6 Å². The van der Waals surface area contributed by atoms with Crippen LogP contribution >= 0.6 is 11.3 Å². The molecule has 0 amide bonds. The van der Waals surface area contributed by atoms with Gasteiger partial charge in [-0.1, -0.05) is 0 Å². The summed E-state index contributed by atoms with van der Waals surface area (Å²) in [6.07, 6.45) is 4.53. The molecule has 2 N–H and O–H groups in total. The van der Waals surface area contributed by atoms with E-state index in [0.29, 0.717) is 6.10 Å². The second-order valence-corrected chi connectivity index (χ2v) is 5.52. The van der Waals surface area contributed by atoms with Gasteiger partial charge in [-0.05, 0) is 26.7 Å². The van der Waals surface area contributed by atoms with Gasteiger partial charge < -0.3 is 15.4 Å². The number of hydrogen-bond donors (Lipinski definition) is 1. The van der Waals surface area contributed by atoms with Gasteiger partial charge in [-0.3, -0.25) is 0 Å². The molecule has 1 aliphatic heterocycles. The summed E-state index contributed by atoms with van der Waals surface area (Å²) in [4.78, 5) is 7.95. The zero-order valence-electron chi connectivity index (χ0n) is 10.6. The van der Waals surface area contributed by atoms with Crippen molar-refractivity contribution >= 4 is 16.5 Å². The lowest BCUT2D eigenvalue weighted by Crippen LogP contribution is -2.36. The molecule has 1 saturated heterocycles. The Morgan fingerprint density at radius 1 is 1.59 bits per heavy atom. The van der Waals surface area contributed by atoms with Crippen LogP contribution in [0, 0.1) is 0 Å². The molecule has 1 aliphatic rings. The van der Waals surface area contributed by atoms with E-state index in [1.54, 1.807) is 11.3 Å². The van der Waals surface area contributed by atoms with Gasteiger partial charge >= 0.3 is 0 Å². The molecule has 2 heterocycles. The van der Waals surface area contributed by atoms with Crippen LogP contribution in [0.2, 0.25) is 0 Å². The first-order valence-electron chi connectivity index (χ1n) is 6.28. The number of piperidine rings is 1. The summed E-state index contributed by atoms with van der Waals surface area (Å²) in [6, 6.07) is 0.0854. The molecular weight excluding hydrogens is 234 g/mol. The Morgan fingerprint density at radius 2 is 2.29 bits per heavy atom. The van der Waals surface area contributed by atoms with Crippen molar-refractivity contribution in [3.63, 3.8) is 0 Å². The molecule has 1 aromatic rings. The van der Waals surface area contributed by atoms with Gasteiger partial charge in [0.25, 0.3) is 0 Å². The molecule has 5 heteroatoms. The van der Waals surface area contributed by atoms with Crippen molar-refractivity contribution in [2.45, 2.75) is 38.8 Å². The predicted octanol–water partition coefficient (Wildman–Crippen LogP) is 2.17. The van der Waals surface area contributed by atoms with E-state index in [9.17, 15) is 0 Å². The Labute approximate surface area is 107 Å². The van der Waals surface area contributed by atoms with E-state index in [0.717, 1.165) is 42.5 Å². The molecule has 4 nitrogen and oxygen atoms in total. The average Bonchev–Trinajstić information content (AvgIpc) is 2.80. The van der Waals surface area contributed by atoms with Crippen molar-refractivity contribution < 1.29 is 4.74 Å². The minimum Gasteiger partial charge on any atom is -0.378 e. The first-order chi connectivity index (χ1) is 8.20. The van der Waals surface area contributed by atoms with Gasteiger partial charge in [0.05, 0.1) is 6.10 Å². The van der Waals surface area contributed by atoms with E-state index < -0.39 is 0 Å². The molecule has 0 radical (unpaired) electrons. The Bertz CT molecular complexity index is 345. The maximum absolute atomic E-state index is 5.85. The van der Waals surface area contributed by atoms with Crippen LogP contribution in [0.5, 0.6) is 0 Å². The van der Waals surface area contributed by atoms with Crippen LogP contribution in [-0.4, -0.2) is 30.8 Å². The molecule has 0 spiro atoms. The first-order valence-corrected chi connectivity index (χ1v) is 7.10. The van der Waals surface area contributed by atoms with Crippen LogP contribution in [0.4, 0.5) is 5.13 Å². The van der Waals surface area contributed by atoms with Gasteiger partial charge in [0.1, 0.15) is 0 Å². The van der Waals surface area contributed by atoms with E-state index in [1.165, 1.54) is 0 Å². The number of nitrogens with two attached hydrogens (primary N) is 1. The van der Waals surface area contributed by atoms with Crippen molar-refractivity contribution in [3.8, 4) is 0 Å². The Morgan fingerprint density at radius 3 is 2.82 bits per heavy atom.